The van der Waals surface area contributed by atoms with Crippen molar-refractivity contribution in [2.75, 3.05) is 0 Å². The molecule has 20 heavy (non-hydrogen) atoms. The van der Waals surface area contributed by atoms with E-state index < -0.39 is 6.04 Å². The number of hydrogen-bond donors (Lipinski definition) is 1. The number of furan rings is 1. The van der Waals surface area contributed by atoms with Crippen molar-refractivity contribution in [3.63, 3.8) is 0 Å². The number of rotatable bonds is 2. The van der Waals surface area contributed by atoms with Gasteiger partial charge in [-0.1, -0.05) is 35.9 Å². The summed E-state index contributed by atoms with van der Waals surface area (Å²) in [6, 6.07) is 16.3. The second-order valence-corrected chi connectivity index (χ2v) is 4.93. The third kappa shape index (κ3) is 2.16. The first-order chi connectivity index (χ1) is 9.69. The average Bonchev–Trinajstić information content (AvgIpc) is 2.92. The van der Waals surface area contributed by atoms with Crippen LogP contribution >= 0.6 is 11.6 Å². The van der Waals surface area contributed by atoms with Crippen molar-refractivity contribution in [2.45, 2.75) is 6.04 Å². The Morgan fingerprint density at radius 2 is 1.95 bits per heavy atom. The van der Waals surface area contributed by atoms with Crippen molar-refractivity contribution in [1.29, 1.82) is 5.26 Å². The third-order valence-corrected chi connectivity index (χ3v) is 3.49. The van der Waals surface area contributed by atoms with E-state index >= 15 is 0 Å². The first kappa shape index (κ1) is 12.7. The molecule has 1 heterocycles. The molecule has 0 saturated carbocycles. The zero-order valence-electron chi connectivity index (χ0n) is 10.5. The smallest absolute Gasteiger partial charge is 0.152 e. The fourth-order valence-corrected chi connectivity index (χ4v) is 2.39. The summed E-state index contributed by atoms with van der Waals surface area (Å²) in [5.41, 5.74) is 8.25. The lowest BCUT2D eigenvalue weighted by molar-refractivity contribution is 0.525. The number of benzene rings is 2. The van der Waals surface area contributed by atoms with Gasteiger partial charge in [-0.15, -0.1) is 0 Å². The van der Waals surface area contributed by atoms with Crippen LogP contribution in [0, 0.1) is 11.3 Å². The van der Waals surface area contributed by atoms with Crippen molar-refractivity contribution < 1.29 is 4.42 Å². The summed E-state index contributed by atoms with van der Waals surface area (Å²) in [5.74, 6) is 0.628. The molecule has 0 aliphatic carbocycles. The van der Waals surface area contributed by atoms with Crippen LogP contribution in [-0.4, -0.2) is 0 Å². The molecule has 1 unspecified atom stereocenters. The summed E-state index contributed by atoms with van der Waals surface area (Å²) in [6.07, 6.45) is 0. The Balaban J connectivity index is 2.06. The van der Waals surface area contributed by atoms with Crippen molar-refractivity contribution in [3.8, 4) is 6.07 Å². The van der Waals surface area contributed by atoms with E-state index in [-0.39, 0.29) is 0 Å². The molecule has 2 N–H and O–H groups in total. The van der Waals surface area contributed by atoms with Gasteiger partial charge in [0.2, 0.25) is 0 Å². The lowest BCUT2D eigenvalue weighted by Gasteiger charge is -2.08. The Labute approximate surface area is 121 Å². The summed E-state index contributed by atoms with van der Waals surface area (Å²) >= 11 is 6.09. The summed E-state index contributed by atoms with van der Waals surface area (Å²) in [7, 11) is 0. The van der Waals surface area contributed by atoms with Crippen molar-refractivity contribution in [3.05, 3.63) is 70.4 Å². The minimum absolute atomic E-state index is 0.424. The van der Waals surface area contributed by atoms with Crippen LogP contribution in [0.2, 0.25) is 5.02 Å². The molecule has 0 saturated heterocycles. The van der Waals surface area contributed by atoms with Crippen molar-refractivity contribution >= 4 is 22.6 Å². The van der Waals surface area contributed by atoms with Gasteiger partial charge in [-0.2, -0.15) is 5.26 Å². The zero-order chi connectivity index (χ0) is 14.1. The van der Waals surface area contributed by atoms with Crippen LogP contribution in [0.25, 0.3) is 11.0 Å². The molecule has 1 atom stereocenters. The van der Waals surface area contributed by atoms with Gasteiger partial charge in [0.25, 0.3) is 0 Å². The number of hydrogen-bond acceptors (Lipinski definition) is 3. The molecule has 0 fully saturated rings. The molecule has 3 nitrogen and oxygen atoms in total. The van der Waals surface area contributed by atoms with E-state index in [1.165, 1.54) is 0 Å². The fourth-order valence-electron chi connectivity index (χ4n) is 2.17. The molecule has 2 aromatic carbocycles. The number of nitrogens with zero attached hydrogens (tertiary/aromatic N) is 1. The maximum absolute atomic E-state index is 8.93. The molecular formula is C16H11ClN2O. The Morgan fingerprint density at radius 3 is 2.70 bits per heavy atom. The summed E-state index contributed by atoms with van der Waals surface area (Å²) < 4.78 is 5.75. The number of fused-ring (bicyclic) bond motifs is 1. The summed E-state index contributed by atoms with van der Waals surface area (Å²) in [5, 5.41) is 10.4. The molecule has 4 heteroatoms. The van der Waals surface area contributed by atoms with E-state index in [1.54, 1.807) is 18.2 Å². The predicted molar refractivity (Wildman–Crippen MR) is 78.4 cm³/mol. The SMILES string of the molecule is N#Cc1cccc(C(N)c2cc3cccc(Cl)c3o2)c1. The Kier molecular flexibility index (Phi) is 3.19. The van der Waals surface area contributed by atoms with Crippen molar-refractivity contribution in [2.24, 2.45) is 5.73 Å². The van der Waals surface area contributed by atoms with Crippen LogP contribution in [0.5, 0.6) is 0 Å². The number of para-hydroxylation sites is 1. The van der Waals surface area contributed by atoms with Gasteiger partial charge in [0, 0.05) is 5.39 Å². The lowest BCUT2D eigenvalue weighted by atomic mass is 10.0. The van der Waals surface area contributed by atoms with Gasteiger partial charge < -0.3 is 10.2 Å². The van der Waals surface area contributed by atoms with Crippen LogP contribution in [0.15, 0.2) is 52.9 Å². The van der Waals surface area contributed by atoms with Gasteiger partial charge in [0.05, 0.1) is 22.7 Å². The van der Waals surface area contributed by atoms with Crippen LogP contribution in [0.3, 0.4) is 0 Å². The predicted octanol–water partition coefficient (Wildman–Crippen LogP) is 4.01. The second-order valence-electron chi connectivity index (χ2n) is 4.52. The molecule has 0 aliphatic heterocycles. The molecule has 0 bridgehead atoms. The molecule has 3 aromatic rings. The van der Waals surface area contributed by atoms with Crippen LogP contribution in [-0.2, 0) is 0 Å². The highest BCUT2D eigenvalue weighted by Gasteiger charge is 2.15. The van der Waals surface area contributed by atoms with Gasteiger partial charge in [-0.25, -0.2) is 0 Å². The first-order valence-electron chi connectivity index (χ1n) is 6.12. The van der Waals surface area contributed by atoms with Crippen LogP contribution in [0.4, 0.5) is 0 Å². The second kappa shape index (κ2) is 5.01. The maximum Gasteiger partial charge on any atom is 0.152 e. The topological polar surface area (TPSA) is 63.0 Å². The summed E-state index contributed by atoms with van der Waals surface area (Å²) in [6.45, 7) is 0. The highest BCUT2D eigenvalue weighted by Crippen LogP contribution is 2.31. The minimum atomic E-state index is -0.424. The summed E-state index contributed by atoms with van der Waals surface area (Å²) in [4.78, 5) is 0. The normalized spacial score (nSPS) is 12.2. The van der Waals surface area contributed by atoms with Gasteiger partial charge in [-0.05, 0) is 29.8 Å². The van der Waals surface area contributed by atoms with E-state index in [0.29, 0.717) is 21.9 Å². The largest absolute Gasteiger partial charge is 0.457 e. The number of nitriles is 1. The van der Waals surface area contributed by atoms with E-state index in [1.807, 2.05) is 30.3 Å². The molecule has 0 amide bonds. The molecule has 0 aliphatic rings. The maximum atomic E-state index is 8.93. The fraction of sp³-hybridized carbons (Fsp3) is 0.0625. The highest BCUT2D eigenvalue weighted by molar-refractivity contribution is 6.34. The number of nitrogens with two attached hydrogens (primary N) is 1. The van der Waals surface area contributed by atoms with E-state index in [4.69, 9.17) is 27.0 Å². The minimum Gasteiger partial charge on any atom is -0.457 e. The molecule has 1 aromatic heterocycles. The Morgan fingerprint density at radius 1 is 1.15 bits per heavy atom. The highest BCUT2D eigenvalue weighted by atomic mass is 35.5. The van der Waals surface area contributed by atoms with E-state index in [2.05, 4.69) is 6.07 Å². The van der Waals surface area contributed by atoms with Crippen LogP contribution < -0.4 is 5.73 Å². The molecule has 3 rings (SSSR count). The van der Waals surface area contributed by atoms with Gasteiger partial charge in [0.1, 0.15) is 5.76 Å². The standard InChI is InChI=1S/C16H11ClN2O/c17-13-6-2-5-12-8-14(20-16(12)13)15(19)11-4-1-3-10(7-11)9-18/h1-8,15H,19H2. The van der Waals surface area contributed by atoms with Gasteiger partial charge in [-0.3, -0.25) is 0 Å². The number of halogens is 1. The third-order valence-electron chi connectivity index (χ3n) is 3.20. The molecule has 0 spiro atoms. The lowest BCUT2D eigenvalue weighted by Crippen LogP contribution is -2.10. The van der Waals surface area contributed by atoms with Gasteiger partial charge >= 0.3 is 0 Å². The van der Waals surface area contributed by atoms with Gasteiger partial charge in [0.15, 0.2) is 5.58 Å². The average molecular weight is 283 g/mol. The Hall–Kier alpha value is -2.28. The zero-order valence-corrected chi connectivity index (χ0v) is 11.3. The van der Waals surface area contributed by atoms with E-state index in [9.17, 15) is 0 Å². The van der Waals surface area contributed by atoms with Crippen molar-refractivity contribution in [1.82, 2.24) is 0 Å². The molecular weight excluding hydrogens is 272 g/mol. The molecule has 98 valence electrons. The van der Waals surface area contributed by atoms with Crippen LogP contribution in [0.1, 0.15) is 22.9 Å². The molecule has 0 radical (unpaired) electrons. The van der Waals surface area contributed by atoms with E-state index in [0.717, 1.165) is 10.9 Å². The first-order valence-corrected chi connectivity index (χ1v) is 6.50. The quantitative estimate of drug-likeness (QED) is 0.772. The monoisotopic (exact) mass is 282 g/mol. The Bertz CT molecular complexity index is 817.